The van der Waals surface area contributed by atoms with Crippen molar-refractivity contribution in [3.05, 3.63) is 34.6 Å². The zero-order valence-electron chi connectivity index (χ0n) is 10.3. The standard InChI is InChI=1S/C13H18ClFO2/c1-8(2)13(17-3)12(16)7-9-4-5-11(15)10(14)6-9/h4-6,8,12-13,16H,7H2,1-3H3. The molecule has 0 saturated heterocycles. The second-order valence-electron chi connectivity index (χ2n) is 4.46. The van der Waals surface area contributed by atoms with Gasteiger partial charge in [0, 0.05) is 13.5 Å². The fourth-order valence-electron chi connectivity index (χ4n) is 1.90. The van der Waals surface area contributed by atoms with E-state index in [9.17, 15) is 9.50 Å². The molecule has 1 aromatic rings. The summed E-state index contributed by atoms with van der Waals surface area (Å²) in [6.07, 6.45) is -0.461. The summed E-state index contributed by atoms with van der Waals surface area (Å²) in [5.74, 6) is -0.233. The summed E-state index contributed by atoms with van der Waals surface area (Å²) < 4.78 is 18.2. The summed E-state index contributed by atoms with van der Waals surface area (Å²) in [7, 11) is 1.57. The van der Waals surface area contributed by atoms with Gasteiger partial charge in [-0.1, -0.05) is 31.5 Å². The zero-order valence-corrected chi connectivity index (χ0v) is 11.0. The fourth-order valence-corrected chi connectivity index (χ4v) is 2.10. The number of ether oxygens (including phenoxy) is 1. The molecule has 0 aromatic heterocycles. The van der Waals surface area contributed by atoms with Gasteiger partial charge in [0.05, 0.1) is 17.2 Å². The highest BCUT2D eigenvalue weighted by molar-refractivity contribution is 6.30. The maximum Gasteiger partial charge on any atom is 0.141 e. The Morgan fingerprint density at radius 1 is 1.41 bits per heavy atom. The van der Waals surface area contributed by atoms with Crippen LogP contribution in [0.2, 0.25) is 5.02 Å². The molecule has 0 aliphatic carbocycles. The molecule has 2 atom stereocenters. The molecule has 4 heteroatoms. The lowest BCUT2D eigenvalue weighted by atomic mass is 9.96. The molecule has 17 heavy (non-hydrogen) atoms. The van der Waals surface area contributed by atoms with Crippen LogP contribution in [0.5, 0.6) is 0 Å². The topological polar surface area (TPSA) is 29.5 Å². The molecule has 2 nitrogen and oxygen atoms in total. The first-order valence-electron chi connectivity index (χ1n) is 5.60. The molecular weight excluding hydrogens is 243 g/mol. The van der Waals surface area contributed by atoms with Crippen LogP contribution in [0.25, 0.3) is 0 Å². The monoisotopic (exact) mass is 260 g/mol. The lowest BCUT2D eigenvalue weighted by molar-refractivity contribution is -0.0368. The molecule has 0 radical (unpaired) electrons. The van der Waals surface area contributed by atoms with Crippen molar-refractivity contribution in [2.45, 2.75) is 32.5 Å². The van der Waals surface area contributed by atoms with E-state index in [1.165, 1.54) is 12.1 Å². The minimum absolute atomic E-state index is 0.0770. The van der Waals surface area contributed by atoms with Crippen LogP contribution in [0.3, 0.4) is 0 Å². The Balaban J connectivity index is 2.73. The lowest BCUT2D eigenvalue weighted by Gasteiger charge is -2.25. The van der Waals surface area contributed by atoms with Gasteiger partial charge in [-0.25, -0.2) is 4.39 Å². The van der Waals surface area contributed by atoms with E-state index in [0.29, 0.717) is 6.42 Å². The predicted molar refractivity (Wildman–Crippen MR) is 66.8 cm³/mol. The molecule has 1 N–H and O–H groups in total. The molecule has 1 aromatic carbocycles. The van der Waals surface area contributed by atoms with Gasteiger partial charge in [0.25, 0.3) is 0 Å². The van der Waals surface area contributed by atoms with Crippen molar-refractivity contribution in [2.75, 3.05) is 7.11 Å². The molecule has 1 rings (SSSR count). The number of benzene rings is 1. The number of hydrogen-bond donors (Lipinski definition) is 1. The third kappa shape index (κ3) is 3.95. The largest absolute Gasteiger partial charge is 0.390 e. The summed E-state index contributed by atoms with van der Waals surface area (Å²) >= 11 is 5.69. The van der Waals surface area contributed by atoms with Crippen LogP contribution in [-0.4, -0.2) is 24.4 Å². The quantitative estimate of drug-likeness (QED) is 0.882. The van der Waals surface area contributed by atoms with Crippen molar-refractivity contribution in [3.63, 3.8) is 0 Å². The van der Waals surface area contributed by atoms with Crippen LogP contribution in [0, 0.1) is 11.7 Å². The van der Waals surface area contributed by atoms with Crippen LogP contribution >= 0.6 is 11.6 Å². The van der Waals surface area contributed by atoms with E-state index in [4.69, 9.17) is 16.3 Å². The molecule has 0 aliphatic rings. The molecule has 0 spiro atoms. The highest BCUT2D eigenvalue weighted by atomic mass is 35.5. The molecule has 0 aliphatic heterocycles. The van der Waals surface area contributed by atoms with Gasteiger partial charge in [0.1, 0.15) is 5.82 Å². The van der Waals surface area contributed by atoms with Crippen LogP contribution in [0.1, 0.15) is 19.4 Å². The maximum absolute atomic E-state index is 13.0. The van der Waals surface area contributed by atoms with Crippen molar-refractivity contribution in [3.8, 4) is 0 Å². The number of halogens is 2. The lowest BCUT2D eigenvalue weighted by Crippen LogP contribution is -2.34. The van der Waals surface area contributed by atoms with Gasteiger partial charge in [0.15, 0.2) is 0 Å². The minimum Gasteiger partial charge on any atom is -0.390 e. The Hall–Kier alpha value is -0.640. The Morgan fingerprint density at radius 2 is 2.06 bits per heavy atom. The summed E-state index contributed by atoms with van der Waals surface area (Å²) in [5, 5.41) is 10.1. The van der Waals surface area contributed by atoms with Gasteiger partial charge in [-0.05, 0) is 23.6 Å². The van der Waals surface area contributed by atoms with E-state index in [1.54, 1.807) is 13.2 Å². The Labute approximate surface area is 106 Å². The van der Waals surface area contributed by atoms with Gasteiger partial charge in [-0.2, -0.15) is 0 Å². The molecule has 96 valence electrons. The van der Waals surface area contributed by atoms with E-state index in [1.807, 2.05) is 13.8 Å². The summed E-state index contributed by atoms with van der Waals surface area (Å²) in [6, 6.07) is 4.46. The van der Waals surface area contributed by atoms with Crippen LogP contribution < -0.4 is 0 Å². The zero-order chi connectivity index (χ0) is 13.0. The van der Waals surface area contributed by atoms with Gasteiger partial charge < -0.3 is 9.84 Å². The van der Waals surface area contributed by atoms with Gasteiger partial charge in [0.2, 0.25) is 0 Å². The van der Waals surface area contributed by atoms with Crippen molar-refractivity contribution in [2.24, 2.45) is 5.92 Å². The average Bonchev–Trinajstić information content (AvgIpc) is 2.24. The number of hydrogen-bond acceptors (Lipinski definition) is 2. The van der Waals surface area contributed by atoms with Gasteiger partial charge in [-0.3, -0.25) is 0 Å². The Morgan fingerprint density at radius 3 is 2.53 bits per heavy atom. The first-order valence-corrected chi connectivity index (χ1v) is 5.98. The summed E-state index contributed by atoms with van der Waals surface area (Å²) in [5.41, 5.74) is 0.798. The van der Waals surface area contributed by atoms with Crippen LogP contribution in [0.4, 0.5) is 4.39 Å². The van der Waals surface area contributed by atoms with Crippen molar-refractivity contribution in [1.82, 2.24) is 0 Å². The molecule has 0 heterocycles. The third-order valence-corrected chi connectivity index (χ3v) is 3.03. The molecular formula is C13H18ClFO2. The van der Waals surface area contributed by atoms with Crippen molar-refractivity contribution >= 4 is 11.6 Å². The Bertz CT molecular complexity index is 368. The first-order chi connectivity index (χ1) is 7.95. The van der Waals surface area contributed by atoms with E-state index >= 15 is 0 Å². The normalized spacial score (nSPS) is 15.0. The number of aliphatic hydroxyl groups excluding tert-OH is 1. The van der Waals surface area contributed by atoms with Crippen LogP contribution in [-0.2, 0) is 11.2 Å². The van der Waals surface area contributed by atoms with Gasteiger partial charge >= 0.3 is 0 Å². The predicted octanol–water partition coefficient (Wildman–Crippen LogP) is 3.05. The van der Waals surface area contributed by atoms with E-state index < -0.39 is 11.9 Å². The molecule has 0 bridgehead atoms. The average molecular weight is 261 g/mol. The molecule has 0 saturated carbocycles. The Kier molecular flexibility index (Phi) is 5.37. The SMILES string of the molecule is COC(C(C)C)C(O)Cc1ccc(F)c(Cl)c1. The highest BCUT2D eigenvalue weighted by Crippen LogP contribution is 2.19. The molecule has 2 unspecified atom stereocenters. The van der Waals surface area contributed by atoms with Crippen LogP contribution in [0.15, 0.2) is 18.2 Å². The smallest absolute Gasteiger partial charge is 0.141 e. The maximum atomic E-state index is 13.0. The van der Waals surface area contributed by atoms with Crippen molar-refractivity contribution in [1.29, 1.82) is 0 Å². The fraction of sp³-hybridized carbons (Fsp3) is 0.538. The summed E-state index contributed by atoms with van der Waals surface area (Å²) in [6.45, 7) is 3.96. The molecule has 0 amide bonds. The minimum atomic E-state index is -0.624. The highest BCUT2D eigenvalue weighted by Gasteiger charge is 2.22. The number of rotatable bonds is 5. The first kappa shape index (κ1) is 14.4. The van der Waals surface area contributed by atoms with E-state index in [-0.39, 0.29) is 17.0 Å². The van der Waals surface area contributed by atoms with Gasteiger partial charge in [-0.15, -0.1) is 0 Å². The number of aliphatic hydroxyl groups is 1. The summed E-state index contributed by atoms with van der Waals surface area (Å²) in [4.78, 5) is 0. The van der Waals surface area contributed by atoms with Crippen molar-refractivity contribution < 1.29 is 14.2 Å². The molecule has 0 fully saturated rings. The number of methoxy groups -OCH3 is 1. The van der Waals surface area contributed by atoms with E-state index in [0.717, 1.165) is 5.56 Å². The third-order valence-electron chi connectivity index (χ3n) is 2.74. The van der Waals surface area contributed by atoms with E-state index in [2.05, 4.69) is 0 Å². The second-order valence-corrected chi connectivity index (χ2v) is 4.87. The second kappa shape index (κ2) is 6.34.